The molecule has 1 aromatic heterocycles. The molecule has 1 N–H and O–H groups in total. The van der Waals surface area contributed by atoms with Gasteiger partial charge in [0.2, 0.25) is 0 Å². The summed E-state index contributed by atoms with van der Waals surface area (Å²) in [4.78, 5) is 26.2. The normalized spacial score (nSPS) is 14.0. The van der Waals surface area contributed by atoms with Crippen LogP contribution in [0.5, 0.6) is 5.75 Å². The number of carboxylic acid groups (broad SMARTS) is 1. The van der Waals surface area contributed by atoms with Crippen molar-refractivity contribution in [3.63, 3.8) is 0 Å². The lowest BCUT2D eigenvalue weighted by molar-refractivity contribution is 0.0702. The number of nitrogens with zero attached hydrogens (tertiary/aromatic N) is 1. The molecule has 0 fully saturated rings. The highest BCUT2D eigenvalue weighted by molar-refractivity contribution is 7.16. The monoisotopic (exact) mass is 331 g/mol. The van der Waals surface area contributed by atoms with Crippen molar-refractivity contribution >= 4 is 28.9 Å². The number of amides is 1. The molecular formula is C17H17NO4S. The lowest BCUT2D eigenvalue weighted by Crippen LogP contribution is -2.31. The summed E-state index contributed by atoms with van der Waals surface area (Å²) < 4.78 is 5.26. The van der Waals surface area contributed by atoms with Gasteiger partial charge < -0.3 is 14.7 Å². The Labute approximate surface area is 138 Å². The molecule has 1 aliphatic heterocycles. The smallest absolute Gasteiger partial charge is 0.345 e. The minimum Gasteiger partial charge on any atom is -0.497 e. The standard InChI is InChI=1S/C17H17NO4S/c1-22-12-5-6-13-11(10-12)4-2-3-9-18(13)16(19)14-7-8-15(23-14)17(20)21/h5-8,10H,2-4,9H2,1H3,(H,20,21). The van der Waals surface area contributed by atoms with Crippen LogP contribution in [0.4, 0.5) is 5.69 Å². The summed E-state index contributed by atoms with van der Waals surface area (Å²) in [5.74, 6) is -0.367. The first-order valence-corrected chi connectivity index (χ1v) is 8.23. The van der Waals surface area contributed by atoms with Crippen molar-refractivity contribution in [2.45, 2.75) is 19.3 Å². The Morgan fingerprint density at radius 3 is 2.65 bits per heavy atom. The topological polar surface area (TPSA) is 66.8 Å². The van der Waals surface area contributed by atoms with Crippen molar-refractivity contribution < 1.29 is 19.4 Å². The fourth-order valence-corrected chi connectivity index (χ4v) is 3.56. The van der Waals surface area contributed by atoms with Crippen LogP contribution in [0.25, 0.3) is 0 Å². The Morgan fingerprint density at radius 1 is 1.17 bits per heavy atom. The van der Waals surface area contributed by atoms with Crippen LogP contribution in [0.2, 0.25) is 0 Å². The molecule has 1 aromatic carbocycles. The van der Waals surface area contributed by atoms with Gasteiger partial charge in [0.05, 0.1) is 12.0 Å². The number of hydrogen-bond acceptors (Lipinski definition) is 4. The second-order valence-electron chi connectivity index (χ2n) is 5.38. The van der Waals surface area contributed by atoms with Crippen LogP contribution in [0.3, 0.4) is 0 Å². The average molecular weight is 331 g/mol. The summed E-state index contributed by atoms with van der Waals surface area (Å²) in [6.07, 6.45) is 2.83. The molecule has 3 rings (SSSR count). The second kappa shape index (κ2) is 6.42. The largest absolute Gasteiger partial charge is 0.497 e. The SMILES string of the molecule is COc1ccc2c(c1)CCCCN2C(=O)c1ccc(C(=O)O)s1. The molecule has 0 atom stereocenters. The maximum absolute atomic E-state index is 12.8. The molecule has 5 nitrogen and oxygen atoms in total. The molecule has 1 aliphatic rings. The lowest BCUT2D eigenvalue weighted by atomic mass is 10.1. The summed E-state index contributed by atoms with van der Waals surface area (Å²) in [6, 6.07) is 8.79. The molecule has 0 spiro atoms. The van der Waals surface area contributed by atoms with E-state index in [0.717, 1.165) is 47.6 Å². The molecule has 6 heteroatoms. The van der Waals surface area contributed by atoms with Crippen molar-refractivity contribution in [3.8, 4) is 5.75 Å². The number of ether oxygens (including phenoxy) is 1. The highest BCUT2D eigenvalue weighted by Gasteiger charge is 2.24. The third-order valence-corrected chi connectivity index (χ3v) is 4.99. The number of fused-ring (bicyclic) bond motifs is 1. The number of rotatable bonds is 3. The number of carboxylic acids is 1. The van der Waals surface area contributed by atoms with E-state index >= 15 is 0 Å². The number of carbonyl (C=O) groups is 2. The Hall–Kier alpha value is -2.34. The third kappa shape index (κ3) is 3.07. The number of aromatic carboxylic acids is 1. The molecule has 23 heavy (non-hydrogen) atoms. The summed E-state index contributed by atoms with van der Waals surface area (Å²) >= 11 is 1.02. The molecule has 2 aromatic rings. The van der Waals surface area contributed by atoms with Crippen LogP contribution in [0, 0.1) is 0 Å². The van der Waals surface area contributed by atoms with E-state index in [4.69, 9.17) is 9.84 Å². The summed E-state index contributed by atoms with van der Waals surface area (Å²) in [6.45, 7) is 0.637. The van der Waals surface area contributed by atoms with Gasteiger partial charge in [-0.25, -0.2) is 4.79 Å². The van der Waals surface area contributed by atoms with Gasteiger partial charge in [-0.3, -0.25) is 4.79 Å². The molecular weight excluding hydrogens is 314 g/mol. The molecule has 0 aliphatic carbocycles. The van der Waals surface area contributed by atoms with Crippen LogP contribution < -0.4 is 9.64 Å². The van der Waals surface area contributed by atoms with E-state index in [2.05, 4.69) is 0 Å². The van der Waals surface area contributed by atoms with Crippen molar-refractivity contribution in [2.75, 3.05) is 18.6 Å². The average Bonchev–Trinajstić information content (AvgIpc) is 2.96. The minimum atomic E-state index is -1.00. The molecule has 0 saturated carbocycles. The van der Waals surface area contributed by atoms with Crippen LogP contribution in [-0.2, 0) is 6.42 Å². The molecule has 1 amide bonds. The zero-order valence-corrected chi connectivity index (χ0v) is 13.6. The maximum atomic E-state index is 12.8. The van der Waals surface area contributed by atoms with Crippen molar-refractivity contribution in [1.82, 2.24) is 0 Å². The zero-order chi connectivity index (χ0) is 16.4. The number of carbonyl (C=O) groups excluding carboxylic acids is 1. The predicted molar refractivity (Wildman–Crippen MR) is 88.9 cm³/mol. The zero-order valence-electron chi connectivity index (χ0n) is 12.7. The molecule has 120 valence electrons. The Morgan fingerprint density at radius 2 is 1.96 bits per heavy atom. The molecule has 0 radical (unpaired) electrons. The quantitative estimate of drug-likeness (QED) is 0.935. The summed E-state index contributed by atoms with van der Waals surface area (Å²) in [7, 11) is 1.63. The lowest BCUT2D eigenvalue weighted by Gasteiger charge is -2.22. The van der Waals surface area contributed by atoms with E-state index < -0.39 is 5.97 Å². The van der Waals surface area contributed by atoms with Gasteiger partial charge in [-0.1, -0.05) is 0 Å². The fourth-order valence-electron chi connectivity index (χ4n) is 2.77. The Balaban J connectivity index is 1.95. The van der Waals surface area contributed by atoms with Crippen molar-refractivity contribution in [3.05, 3.63) is 45.6 Å². The second-order valence-corrected chi connectivity index (χ2v) is 6.46. The van der Waals surface area contributed by atoms with E-state index in [1.807, 2.05) is 18.2 Å². The first-order chi connectivity index (χ1) is 11.1. The van der Waals surface area contributed by atoms with E-state index in [0.29, 0.717) is 11.4 Å². The number of benzene rings is 1. The third-order valence-electron chi connectivity index (χ3n) is 3.93. The molecule has 0 bridgehead atoms. The van der Waals surface area contributed by atoms with E-state index in [1.165, 1.54) is 6.07 Å². The first kappa shape index (κ1) is 15.6. The molecule has 2 heterocycles. The van der Waals surface area contributed by atoms with Crippen LogP contribution >= 0.6 is 11.3 Å². The maximum Gasteiger partial charge on any atom is 0.345 e. The van der Waals surface area contributed by atoms with Gasteiger partial charge in [0, 0.05) is 12.2 Å². The van der Waals surface area contributed by atoms with Gasteiger partial charge in [-0.2, -0.15) is 0 Å². The number of aryl methyl sites for hydroxylation is 1. The summed E-state index contributed by atoms with van der Waals surface area (Å²) in [5.41, 5.74) is 1.98. The van der Waals surface area contributed by atoms with Gasteiger partial charge >= 0.3 is 5.97 Å². The van der Waals surface area contributed by atoms with E-state index in [9.17, 15) is 9.59 Å². The summed E-state index contributed by atoms with van der Waals surface area (Å²) in [5, 5.41) is 9.02. The van der Waals surface area contributed by atoms with E-state index in [-0.39, 0.29) is 10.8 Å². The van der Waals surface area contributed by atoms with Gasteiger partial charge in [-0.05, 0) is 55.2 Å². The van der Waals surface area contributed by atoms with Crippen molar-refractivity contribution in [1.29, 1.82) is 0 Å². The van der Waals surface area contributed by atoms with Gasteiger partial charge in [0.1, 0.15) is 10.6 Å². The molecule has 0 unspecified atom stereocenters. The van der Waals surface area contributed by atoms with Crippen LogP contribution in [0.15, 0.2) is 30.3 Å². The minimum absolute atomic E-state index is 0.143. The van der Waals surface area contributed by atoms with Crippen molar-refractivity contribution in [2.24, 2.45) is 0 Å². The highest BCUT2D eigenvalue weighted by Crippen LogP contribution is 2.31. The van der Waals surface area contributed by atoms with Crippen LogP contribution in [0.1, 0.15) is 37.7 Å². The van der Waals surface area contributed by atoms with Gasteiger partial charge in [0.25, 0.3) is 5.91 Å². The number of thiophene rings is 1. The van der Waals surface area contributed by atoms with Crippen LogP contribution in [-0.4, -0.2) is 30.6 Å². The Bertz CT molecular complexity index is 753. The van der Waals surface area contributed by atoms with Gasteiger partial charge in [-0.15, -0.1) is 11.3 Å². The Kier molecular flexibility index (Phi) is 4.34. The fraction of sp³-hybridized carbons (Fsp3) is 0.294. The predicted octanol–water partition coefficient (Wildman–Crippen LogP) is 3.44. The number of methoxy groups -OCH3 is 1. The number of anilines is 1. The van der Waals surface area contributed by atoms with Gasteiger partial charge in [0.15, 0.2) is 0 Å². The first-order valence-electron chi connectivity index (χ1n) is 7.42. The van der Waals surface area contributed by atoms with E-state index in [1.54, 1.807) is 18.1 Å². The number of hydrogen-bond donors (Lipinski definition) is 1. The highest BCUT2D eigenvalue weighted by atomic mass is 32.1. The molecule has 0 saturated heterocycles.